The predicted molar refractivity (Wildman–Crippen MR) is 64.1 cm³/mol. The molecule has 0 aromatic heterocycles. The quantitative estimate of drug-likeness (QED) is 0.380. The molecule has 0 atom stereocenters. The first kappa shape index (κ1) is 12.6. The van der Waals surface area contributed by atoms with Crippen LogP contribution in [-0.4, -0.2) is 11.7 Å². The average Bonchev–Trinajstić information content (AvgIpc) is 2.23. The number of nitrogens with one attached hydrogen (secondary N) is 1. The highest BCUT2D eigenvalue weighted by molar-refractivity contribution is 7.99. The maximum Gasteiger partial charge on any atom is 0.234 e. The van der Waals surface area contributed by atoms with Gasteiger partial charge in [0.15, 0.2) is 0 Å². The van der Waals surface area contributed by atoms with Gasteiger partial charge in [-0.25, -0.2) is 5.84 Å². The molecular formula is C9H10Cl2N2OS. The lowest BCUT2D eigenvalue weighted by molar-refractivity contribution is -0.120. The third kappa shape index (κ3) is 4.30. The van der Waals surface area contributed by atoms with Gasteiger partial charge >= 0.3 is 0 Å². The summed E-state index contributed by atoms with van der Waals surface area (Å²) in [6.07, 6.45) is 0.351. The second kappa shape index (κ2) is 6.23. The summed E-state index contributed by atoms with van der Waals surface area (Å²) in [7, 11) is 0. The zero-order valence-electron chi connectivity index (χ0n) is 7.80. The maximum atomic E-state index is 10.8. The Bertz CT molecular complexity index is 360. The van der Waals surface area contributed by atoms with Gasteiger partial charge in [-0.1, -0.05) is 23.2 Å². The van der Waals surface area contributed by atoms with E-state index in [0.717, 1.165) is 4.90 Å². The van der Waals surface area contributed by atoms with Crippen molar-refractivity contribution in [2.75, 3.05) is 5.75 Å². The Kier molecular flexibility index (Phi) is 5.25. The van der Waals surface area contributed by atoms with Gasteiger partial charge in [0.1, 0.15) is 0 Å². The summed E-state index contributed by atoms with van der Waals surface area (Å²) in [5.41, 5.74) is 2.07. The Labute approximate surface area is 102 Å². The van der Waals surface area contributed by atoms with Crippen LogP contribution in [0.25, 0.3) is 0 Å². The smallest absolute Gasteiger partial charge is 0.234 e. The van der Waals surface area contributed by atoms with Crippen molar-refractivity contribution < 1.29 is 4.79 Å². The van der Waals surface area contributed by atoms with Crippen molar-refractivity contribution >= 4 is 40.9 Å². The highest BCUT2D eigenvalue weighted by Gasteiger charge is 2.04. The van der Waals surface area contributed by atoms with Gasteiger partial charge < -0.3 is 0 Å². The number of hydrogen-bond donors (Lipinski definition) is 2. The van der Waals surface area contributed by atoms with E-state index in [-0.39, 0.29) is 5.91 Å². The van der Waals surface area contributed by atoms with Gasteiger partial charge in [0, 0.05) is 22.1 Å². The molecule has 0 unspecified atom stereocenters. The van der Waals surface area contributed by atoms with Crippen LogP contribution in [0.3, 0.4) is 0 Å². The van der Waals surface area contributed by atoms with E-state index in [4.69, 9.17) is 29.0 Å². The topological polar surface area (TPSA) is 55.1 Å². The van der Waals surface area contributed by atoms with E-state index in [2.05, 4.69) is 5.43 Å². The Morgan fingerprint density at radius 1 is 1.47 bits per heavy atom. The molecule has 0 spiro atoms. The first-order valence-corrected chi connectivity index (χ1v) is 5.95. The zero-order chi connectivity index (χ0) is 11.3. The van der Waals surface area contributed by atoms with Crippen molar-refractivity contribution in [2.45, 2.75) is 11.3 Å². The molecule has 0 radical (unpaired) electrons. The van der Waals surface area contributed by atoms with Crippen LogP contribution >= 0.6 is 35.0 Å². The monoisotopic (exact) mass is 264 g/mol. The predicted octanol–water partition coefficient (Wildman–Crippen LogP) is 2.47. The fraction of sp³-hybridized carbons (Fsp3) is 0.222. The normalized spacial score (nSPS) is 10.1. The van der Waals surface area contributed by atoms with Gasteiger partial charge in [0.25, 0.3) is 0 Å². The van der Waals surface area contributed by atoms with Crippen LogP contribution in [0.15, 0.2) is 23.1 Å². The van der Waals surface area contributed by atoms with Crippen molar-refractivity contribution in [1.29, 1.82) is 0 Å². The van der Waals surface area contributed by atoms with Gasteiger partial charge in [-0.15, -0.1) is 11.8 Å². The largest absolute Gasteiger partial charge is 0.294 e. The van der Waals surface area contributed by atoms with Gasteiger partial charge in [-0.2, -0.15) is 0 Å². The molecule has 1 amide bonds. The summed E-state index contributed by atoms with van der Waals surface area (Å²) in [6, 6.07) is 5.23. The molecule has 1 rings (SSSR count). The Morgan fingerprint density at radius 2 is 2.20 bits per heavy atom. The molecule has 0 heterocycles. The average molecular weight is 265 g/mol. The van der Waals surface area contributed by atoms with Crippen molar-refractivity contribution in [3.8, 4) is 0 Å². The molecule has 3 nitrogen and oxygen atoms in total. The maximum absolute atomic E-state index is 10.8. The van der Waals surface area contributed by atoms with Gasteiger partial charge in [0.05, 0.1) is 5.02 Å². The fourth-order valence-corrected chi connectivity index (χ4v) is 2.36. The summed E-state index contributed by atoms with van der Waals surface area (Å²) >= 11 is 13.2. The molecular weight excluding hydrogens is 255 g/mol. The Morgan fingerprint density at radius 3 is 2.87 bits per heavy atom. The number of amides is 1. The summed E-state index contributed by atoms with van der Waals surface area (Å²) in [4.78, 5) is 11.7. The number of rotatable bonds is 4. The molecule has 15 heavy (non-hydrogen) atoms. The van der Waals surface area contributed by atoms with E-state index >= 15 is 0 Å². The fourth-order valence-electron chi connectivity index (χ4n) is 0.914. The van der Waals surface area contributed by atoms with E-state index in [1.165, 1.54) is 11.8 Å². The highest BCUT2D eigenvalue weighted by atomic mass is 35.5. The van der Waals surface area contributed by atoms with Gasteiger partial charge in [-0.05, 0) is 18.2 Å². The van der Waals surface area contributed by atoms with Crippen molar-refractivity contribution in [3.05, 3.63) is 28.2 Å². The van der Waals surface area contributed by atoms with Gasteiger partial charge in [0.2, 0.25) is 5.91 Å². The van der Waals surface area contributed by atoms with E-state index < -0.39 is 0 Å². The molecule has 6 heteroatoms. The molecule has 0 saturated heterocycles. The Balaban J connectivity index is 2.50. The van der Waals surface area contributed by atoms with Gasteiger partial charge in [-0.3, -0.25) is 10.2 Å². The molecule has 0 aliphatic carbocycles. The zero-order valence-corrected chi connectivity index (χ0v) is 10.1. The SMILES string of the molecule is NNC(=O)CCSc1cc(Cl)ccc1Cl. The summed E-state index contributed by atoms with van der Waals surface area (Å²) in [5, 5.41) is 1.27. The lowest BCUT2D eigenvalue weighted by atomic mass is 10.4. The van der Waals surface area contributed by atoms with E-state index in [0.29, 0.717) is 22.2 Å². The summed E-state index contributed by atoms with van der Waals surface area (Å²) in [6.45, 7) is 0. The second-order valence-corrected chi connectivity index (χ2v) is 4.72. The standard InChI is InChI=1S/C9H10Cl2N2OS/c10-6-1-2-7(11)8(5-6)15-4-3-9(14)13-12/h1-2,5H,3-4,12H2,(H,13,14). The van der Waals surface area contributed by atoms with Crippen molar-refractivity contribution in [2.24, 2.45) is 5.84 Å². The van der Waals surface area contributed by atoms with Crippen LogP contribution in [0.5, 0.6) is 0 Å². The molecule has 1 aromatic carbocycles. The van der Waals surface area contributed by atoms with E-state index in [9.17, 15) is 4.79 Å². The van der Waals surface area contributed by atoms with E-state index in [1.54, 1.807) is 18.2 Å². The van der Waals surface area contributed by atoms with Crippen LogP contribution in [0.2, 0.25) is 10.0 Å². The molecule has 0 fully saturated rings. The number of carbonyl (C=O) groups excluding carboxylic acids is 1. The van der Waals surface area contributed by atoms with Crippen LogP contribution < -0.4 is 11.3 Å². The summed E-state index contributed by atoms with van der Waals surface area (Å²) in [5.74, 6) is 5.37. The molecule has 3 N–H and O–H groups in total. The molecule has 1 aromatic rings. The Hall–Kier alpha value is -0.420. The lowest BCUT2D eigenvalue weighted by Crippen LogP contribution is -2.30. The minimum absolute atomic E-state index is 0.194. The minimum atomic E-state index is -0.194. The van der Waals surface area contributed by atoms with Crippen LogP contribution in [0.1, 0.15) is 6.42 Å². The third-order valence-electron chi connectivity index (χ3n) is 1.64. The summed E-state index contributed by atoms with van der Waals surface area (Å²) < 4.78 is 0. The number of hydrogen-bond acceptors (Lipinski definition) is 3. The van der Waals surface area contributed by atoms with Crippen LogP contribution in [0, 0.1) is 0 Å². The molecule has 0 saturated carbocycles. The van der Waals surface area contributed by atoms with Crippen LogP contribution in [-0.2, 0) is 4.79 Å². The minimum Gasteiger partial charge on any atom is -0.294 e. The number of benzene rings is 1. The first-order valence-electron chi connectivity index (χ1n) is 4.21. The number of hydrazine groups is 1. The number of carbonyl (C=O) groups is 1. The highest BCUT2D eigenvalue weighted by Crippen LogP contribution is 2.30. The molecule has 0 aliphatic rings. The second-order valence-electron chi connectivity index (χ2n) is 2.74. The lowest BCUT2D eigenvalue weighted by Gasteiger charge is -2.04. The van der Waals surface area contributed by atoms with E-state index in [1.807, 2.05) is 0 Å². The third-order valence-corrected chi connectivity index (χ3v) is 3.37. The molecule has 0 aliphatic heterocycles. The van der Waals surface area contributed by atoms with Crippen LogP contribution in [0.4, 0.5) is 0 Å². The van der Waals surface area contributed by atoms with Crippen molar-refractivity contribution in [3.63, 3.8) is 0 Å². The first-order chi connectivity index (χ1) is 7.13. The van der Waals surface area contributed by atoms with Crippen molar-refractivity contribution in [1.82, 2.24) is 5.43 Å². The number of nitrogens with two attached hydrogens (primary N) is 1. The number of thioether (sulfide) groups is 1. The molecule has 0 bridgehead atoms. The number of halogens is 2. The molecule has 82 valence electrons.